The third-order valence-corrected chi connectivity index (χ3v) is 4.56. The number of hydrogen-bond acceptors (Lipinski definition) is 2. The third kappa shape index (κ3) is 2.75. The molecule has 3 aromatic rings. The Hall–Kier alpha value is -3.08. The summed E-state index contributed by atoms with van der Waals surface area (Å²) in [7, 11) is 0. The van der Waals surface area contributed by atoms with Crippen molar-refractivity contribution >= 4 is 28.4 Å². The fraction of sp³-hybridized carbons (Fsp3) is 0.0952. The van der Waals surface area contributed by atoms with E-state index in [2.05, 4.69) is 0 Å². The molecular weight excluding hydrogens is 341 g/mol. The average Bonchev–Trinajstić information content (AvgIpc) is 2.63. The molecule has 0 heterocycles. The first-order valence-corrected chi connectivity index (χ1v) is 8.01. The van der Waals surface area contributed by atoms with Gasteiger partial charge >= 0.3 is 6.18 Å². The first-order chi connectivity index (χ1) is 12.3. The van der Waals surface area contributed by atoms with E-state index in [9.17, 15) is 23.1 Å². The zero-order valence-electron chi connectivity index (χ0n) is 13.5. The van der Waals surface area contributed by atoms with Crippen LogP contribution in [0.5, 0.6) is 0 Å². The number of aliphatic hydroxyl groups excluding tert-OH is 1. The Morgan fingerprint density at radius 3 is 2.42 bits per heavy atom. The number of rotatable bonds is 1. The van der Waals surface area contributed by atoms with Gasteiger partial charge in [0.05, 0.1) is 5.56 Å². The molecule has 1 aliphatic rings. The topological polar surface area (TPSA) is 37.3 Å². The number of ketones is 1. The van der Waals surface area contributed by atoms with E-state index >= 15 is 0 Å². The van der Waals surface area contributed by atoms with Crippen LogP contribution in [0, 0.1) is 0 Å². The number of halogens is 3. The molecule has 0 radical (unpaired) electrons. The Kier molecular flexibility index (Phi) is 3.61. The van der Waals surface area contributed by atoms with E-state index in [1.165, 1.54) is 6.07 Å². The van der Waals surface area contributed by atoms with E-state index < -0.39 is 11.7 Å². The predicted octanol–water partition coefficient (Wildman–Crippen LogP) is 3.95. The van der Waals surface area contributed by atoms with E-state index in [1.807, 2.05) is 12.1 Å². The number of aliphatic hydroxyl groups is 1. The molecule has 26 heavy (non-hydrogen) atoms. The summed E-state index contributed by atoms with van der Waals surface area (Å²) in [6, 6.07) is 14.1. The Morgan fingerprint density at radius 1 is 0.885 bits per heavy atom. The number of benzene rings is 3. The molecule has 1 N–H and O–H groups in total. The minimum atomic E-state index is -4.40. The van der Waals surface area contributed by atoms with Gasteiger partial charge in [0, 0.05) is 11.6 Å². The molecule has 0 saturated carbocycles. The van der Waals surface area contributed by atoms with Crippen LogP contribution in [-0.4, -0.2) is 10.9 Å². The summed E-state index contributed by atoms with van der Waals surface area (Å²) in [4.78, 5) is 11.7. The van der Waals surface area contributed by atoms with Crippen molar-refractivity contribution < 1.29 is 23.1 Å². The van der Waals surface area contributed by atoms with E-state index in [0.29, 0.717) is 16.3 Å². The lowest BCUT2D eigenvalue weighted by molar-refractivity contribution is -0.137. The average molecular weight is 354 g/mol. The molecule has 0 saturated heterocycles. The second-order valence-electron chi connectivity index (χ2n) is 6.26. The highest BCUT2D eigenvalue weighted by Crippen LogP contribution is 2.32. The Balaban J connectivity index is 1.91. The van der Waals surface area contributed by atoms with Gasteiger partial charge < -0.3 is 5.11 Å². The van der Waals surface area contributed by atoms with Crippen LogP contribution in [0.4, 0.5) is 13.2 Å². The number of alkyl halides is 3. The predicted molar refractivity (Wildman–Crippen MR) is 93.8 cm³/mol. The van der Waals surface area contributed by atoms with Crippen molar-refractivity contribution in [3.05, 3.63) is 70.6 Å². The van der Waals surface area contributed by atoms with Crippen LogP contribution in [0.25, 0.3) is 33.7 Å². The Bertz CT molecular complexity index is 1170. The normalized spacial score (nSPS) is 14.3. The fourth-order valence-electron chi connectivity index (χ4n) is 3.19. The second-order valence-corrected chi connectivity index (χ2v) is 6.26. The van der Waals surface area contributed by atoms with Crippen LogP contribution >= 0.6 is 0 Å². The van der Waals surface area contributed by atoms with Gasteiger partial charge in [0.15, 0.2) is 5.76 Å². The molecule has 1 aliphatic carbocycles. The van der Waals surface area contributed by atoms with Gasteiger partial charge in [-0.3, -0.25) is 4.79 Å². The van der Waals surface area contributed by atoms with Gasteiger partial charge in [0.25, 0.3) is 0 Å². The molecule has 0 amide bonds. The molecule has 0 atom stereocenters. The second kappa shape index (κ2) is 5.73. The molecule has 5 heteroatoms. The SMILES string of the molecule is O=C1CC=c2cc3ccc(-c4cccc(C(F)(F)F)c4)cc3cc2=C1O. The smallest absolute Gasteiger partial charge is 0.416 e. The van der Waals surface area contributed by atoms with Gasteiger partial charge in [0.2, 0.25) is 5.78 Å². The zero-order chi connectivity index (χ0) is 18.5. The van der Waals surface area contributed by atoms with E-state index in [1.54, 1.807) is 30.3 Å². The highest BCUT2D eigenvalue weighted by molar-refractivity contribution is 6.14. The summed E-state index contributed by atoms with van der Waals surface area (Å²) in [5, 5.41) is 12.9. The van der Waals surface area contributed by atoms with E-state index in [0.717, 1.165) is 28.1 Å². The molecule has 0 aliphatic heterocycles. The largest absolute Gasteiger partial charge is 0.504 e. The maximum atomic E-state index is 12.9. The Morgan fingerprint density at radius 2 is 1.65 bits per heavy atom. The van der Waals surface area contributed by atoms with Gasteiger partial charge in [-0.2, -0.15) is 13.2 Å². The van der Waals surface area contributed by atoms with Crippen molar-refractivity contribution in [1.29, 1.82) is 0 Å². The summed E-state index contributed by atoms with van der Waals surface area (Å²) in [5.74, 6) is -0.611. The summed E-state index contributed by atoms with van der Waals surface area (Å²) in [6.45, 7) is 0. The minimum absolute atomic E-state index is 0.159. The third-order valence-electron chi connectivity index (χ3n) is 4.56. The van der Waals surface area contributed by atoms with Crippen LogP contribution in [-0.2, 0) is 11.0 Å². The summed E-state index contributed by atoms with van der Waals surface area (Å²) in [6.07, 6.45) is -2.48. The molecular formula is C21H13F3O2. The highest BCUT2D eigenvalue weighted by Gasteiger charge is 2.30. The standard InChI is InChI=1S/C21H13F3O2/c22-21(23,24)17-3-1-2-12(10-17)13-4-5-14-8-15-6-7-19(25)20(26)18(15)11-16(14)9-13/h1-6,8-11,26H,7H2. The molecule has 0 fully saturated rings. The highest BCUT2D eigenvalue weighted by atomic mass is 19.4. The van der Waals surface area contributed by atoms with Crippen molar-refractivity contribution in [2.24, 2.45) is 0 Å². The molecule has 3 aromatic carbocycles. The fourth-order valence-corrected chi connectivity index (χ4v) is 3.19. The quantitative estimate of drug-likeness (QED) is 0.719. The lowest BCUT2D eigenvalue weighted by Gasteiger charge is -2.10. The van der Waals surface area contributed by atoms with Gasteiger partial charge in [-0.15, -0.1) is 0 Å². The van der Waals surface area contributed by atoms with Gasteiger partial charge in [-0.1, -0.05) is 30.3 Å². The number of carbonyl (C=O) groups excluding carboxylic acids is 1. The van der Waals surface area contributed by atoms with Crippen molar-refractivity contribution in [2.75, 3.05) is 0 Å². The maximum Gasteiger partial charge on any atom is 0.416 e. The van der Waals surface area contributed by atoms with Gasteiger partial charge in [-0.25, -0.2) is 0 Å². The molecule has 0 bridgehead atoms. The van der Waals surface area contributed by atoms with Crippen molar-refractivity contribution in [3.8, 4) is 11.1 Å². The Labute approximate surface area is 146 Å². The minimum Gasteiger partial charge on any atom is -0.504 e. The van der Waals surface area contributed by atoms with Crippen LogP contribution < -0.4 is 10.4 Å². The van der Waals surface area contributed by atoms with Crippen molar-refractivity contribution in [1.82, 2.24) is 0 Å². The molecule has 130 valence electrons. The molecule has 0 spiro atoms. The molecule has 0 unspecified atom stereocenters. The maximum absolute atomic E-state index is 12.9. The lowest BCUT2D eigenvalue weighted by atomic mass is 9.97. The van der Waals surface area contributed by atoms with Crippen LogP contribution in [0.3, 0.4) is 0 Å². The first-order valence-electron chi connectivity index (χ1n) is 8.01. The summed E-state index contributed by atoms with van der Waals surface area (Å²) >= 11 is 0. The number of carbonyl (C=O) groups is 1. The van der Waals surface area contributed by atoms with Crippen molar-refractivity contribution in [2.45, 2.75) is 12.6 Å². The number of Topliss-reactive ketones (excluding diaryl/α,β-unsaturated/α-hetero) is 1. The molecule has 2 nitrogen and oxygen atoms in total. The lowest BCUT2D eigenvalue weighted by Crippen LogP contribution is -2.32. The van der Waals surface area contributed by atoms with Crippen molar-refractivity contribution in [3.63, 3.8) is 0 Å². The number of hydrogen-bond donors (Lipinski definition) is 1. The summed E-state index contributed by atoms with van der Waals surface area (Å²) < 4.78 is 38.8. The summed E-state index contributed by atoms with van der Waals surface area (Å²) in [5.41, 5.74) is 0.385. The monoisotopic (exact) mass is 354 g/mol. The zero-order valence-corrected chi connectivity index (χ0v) is 13.5. The first kappa shape index (κ1) is 16.4. The molecule has 0 aromatic heterocycles. The van der Waals surface area contributed by atoms with Crippen LogP contribution in [0.1, 0.15) is 12.0 Å². The molecule has 4 rings (SSSR count). The number of fused-ring (bicyclic) bond motifs is 2. The van der Waals surface area contributed by atoms with Crippen LogP contribution in [0.2, 0.25) is 0 Å². The van der Waals surface area contributed by atoms with Gasteiger partial charge in [-0.05, 0) is 57.4 Å². The van der Waals surface area contributed by atoms with E-state index in [4.69, 9.17) is 0 Å². The van der Waals surface area contributed by atoms with Gasteiger partial charge in [0.1, 0.15) is 0 Å². The van der Waals surface area contributed by atoms with Crippen LogP contribution in [0.15, 0.2) is 54.6 Å². The van der Waals surface area contributed by atoms with E-state index in [-0.39, 0.29) is 18.0 Å².